The molecule has 0 aliphatic carbocycles. The summed E-state index contributed by atoms with van der Waals surface area (Å²) in [4.78, 5) is 4.19. The van der Waals surface area contributed by atoms with Crippen LogP contribution in [0.5, 0.6) is 5.75 Å². The standard InChI is InChI=1S/C8H10FNO2S/c1-11-5-12-7-6(13-2)3-4-10-8(7)9/h3-4H,5H2,1-2H3. The molecule has 0 saturated heterocycles. The smallest absolute Gasteiger partial charge is 0.256 e. The van der Waals surface area contributed by atoms with Crippen LogP contribution >= 0.6 is 11.8 Å². The number of pyridine rings is 1. The molecule has 0 unspecified atom stereocenters. The SMILES string of the molecule is COCOc1c(SC)ccnc1F. The van der Waals surface area contributed by atoms with E-state index in [-0.39, 0.29) is 12.5 Å². The van der Waals surface area contributed by atoms with E-state index in [1.165, 1.54) is 25.1 Å². The third-order valence-corrected chi connectivity index (χ3v) is 2.13. The molecule has 72 valence electrons. The van der Waals surface area contributed by atoms with E-state index in [0.29, 0.717) is 4.90 Å². The van der Waals surface area contributed by atoms with Gasteiger partial charge in [0, 0.05) is 13.3 Å². The van der Waals surface area contributed by atoms with Crippen molar-refractivity contribution in [3.8, 4) is 5.75 Å². The zero-order chi connectivity index (χ0) is 9.68. The molecule has 1 aromatic rings. The van der Waals surface area contributed by atoms with Crippen molar-refractivity contribution in [1.82, 2.24) is 4.98 Å². The number of methoxy groups -OCH3 is 1. The van der Waals surface area contributed by atoms with E-state index >= 15 is 0 Å². The van der Waals surface area contributed by atoms with Crippen LogP contribution in [-0.4, -0.2) is 25.1 Å². The van der Waals surface area contributed by atoms with E-state index in [1.807, 2.05) is 6.26 Å². The van der Waals surface area contributed by atoms with Crippen LogP contribution in [0.4, 0.5) is 4.39 Å². The Kier molecular flexibility index (Phi) is 3.98. The number of halogens is 1. The van der Waals surface area contributed by atoms with Gasteiger partial charge >= 0.3 is 0 Å². The molecule has 0 spiro atoms. The lowest BCUT2D eigenvalue weighted by Gasteiger charge is -2.08. The number of hydrogen-bond acceptors (Lipinski definition) is 4. The molecule has 0 aromatic carbocycles. The van der Waals surface area contributed by atoms with Gasteiger partial charge in [-0.1, -0.05) is 0 Å². The molecule has 0 aliphatic rings. The summed E-state index contributed by atoms with van der Waals surface area (Å²) in [5.74, 6) is -0.458. The van der Waals surface area contributed by atoms with E-state index < -0.39 is 5.95 Å². The second-order valence-electron chi connectivity index (χ2n) is 2.18. The lowest BCUT2D eigenvalue weighted by Crippen LogP contribution is -2.02. The summed E-state index contributed by atoms with van der Waals surface area (Å²) in [5.41, 5.74) is 0. The minimum atomic E-state index is -0.607. The summed E-state index contributed by atoms with van der Waals surface area (Å²) in [6.45, 7) is 0.0240. The fraction of sp³-hybridized carbons (Fsp3) is 0.375. The Labute approximate surface area is 80.3 Å². The first-order valence-electron chi connectivity index (χ1n) is 3.59. The normalized spacial score (nSPS) is 10.1. The maximum atomic E-state index is 13.1. The van der Waals surface area contributed by atoms with Gasteiger partial charge in [0.1, 0.15) is 0 Å². The summed E-state index contributed by atoms with van der Waals surface area (Å²) in [7, 11) is 1.48. The Morgan fingerprint density at radius 1 is 1.62 bits per heavy atom. The van der Waals surface area contributed by atoms with Crippen molar-refractivity contribution in [2.24, 2.45) is 0 Å². The summed E-state index contributed by atoms with van der Waals surface area (Å²) in [6.07, 6.45) is 3.25. The summed E-state index contributed by atoms with van der Waals surface area (Å²) < 4.78 is 22.8. The van der Waals surface area contributed by atoms with E-state index in [9.17, 15) is 4.39 Å². The van der Waals surface area contributed by atoms with Crippen molar-refractivity contribution in [1.29, 1.82) is 0 Å². The predicted molar refractivity (Wildman–Crippen MR) is 48.5 cm³/mol. The topological polar surface area (TPSA) is 31.4 Å². The van der Waals surface area contributed by atoms with Gasteiger partial charge in [0.15, 0.2) is 12.5 Å². The molecular weight excluding hydrogens is 193 g/mol. The van der Waals surface area contributed by atoms with Gasteiger partial charge in [-0.2, -0.15) is 4.39 Å². The number of rotatable bonds is 4. The first-order valence-corrected chi connectivity index (χ1v) is 4.82. The highest BCUT2D eigenvalue weighted by molar-refractivity contribution is 7.98. The summed E-state index contributed by atoms with van der Waals surface area (Å²) in [6, 6.07) is 1.69. The number of hydrogen-bond donors (Lipinski definition) is 0. The maximum absolute atomic E-state index is 13.1. The first-order chi connectivity index (χ1) is 6.29. The van der Waals surface area contributed by atoms with E-state index in [0.717, 1.165) is 0 Å². The monoisotopic (exact) mass is 203 g/mol. The molecule has 13 heavy (non-hydrogen) atoms. The second kappa shape index (κ2) is 5.04. The highest BCUT2D eigenvalue weighted by Crippen LogP contribution is 2.28. The first kappa shape index (κ1) is 10.3. The van der Waals surface area contributed by atoms with Gasteiger partial charge in [-0.3, -0.25) is 0 Å². The molecule has 0 saturated carbocycles. The van der Waals surface area contributed by atoms with Crippen molar-refractivity contribution in [2.75, 3.05) is 20.2 Å². The number of aromatic nitrogens is 1. The zero-order valence-electron chi connectivity index (χ0n) is 7.41. The van der Waals surface area contributed by atoms with Gasteiger partial charge in [-0.25, -0.2) is 4.98 Å². The van der Waals surface area contributed by atoms with Crippen LogP contribution in [0.1, 0.15) is 0 Å². The second-order valence-corrected chi connectivity index (χ2v) is 3.03. The van der Waals surface area contributed by atoms with Gasteiger partial charge in [0.25, 0.3) is 5.95 Å². The number of thioether (sulfide) groups is 1. The summed E-state index contributed by atoms with van der Waals surface area (Å²) in [5, 5.41) is 0. The largest absolute Gasteiger partial charge is 0.462 e. The highest BCUT2D eigenvalue weighted by Gasteiger charge is 2.09. The van der Waals surface area contributed by atoms with Crippen molar-refractivity contribution >= 4 is 11.8 Å². The van der Waals surface area contributed by atoms with Crippen LogP contribution in [0.15, 0.2) is 17.2 Å². The van der Waals surface area contributed by atoms with E-state index in [2.05, 4.69) is 9.72 Å². The van der Waals surface area contributed by atoms with Gasteiger partial charge < -0.3 is 9.47 Å². The molecule has 3 nitrogen and oxygen atoms in total. The van der Waals surface area contributed by atoms with Crippen LogP contribution in [0.3, 0.4) is 0 Å². The van der Waals surface area contributed by atoms with Crippen molar-refractivity contribution in [3.63, 3.8) is 0 Å². The Hall–Kier alpha value is -0.810. The van der Waals surface area contributed by atoms with Crippen molar-refractivity contribution in [2.45, 2.75) is 4.90 Å². The third kappa shape index (κ3) is 2.57. The quantitative estimate of drug-likeness (QED) is 0.425. The van der Waals surface area contributed by atoms with Gasteiger partial charge in [-0.15, -0.1) is 11.8 Å². The minimum absolute atomic E-state index is 0.0240. The lowest BCUT2D eigenvalue weighted by molar-refractivity contribution is 0.0455. The Bertz CT molecular complexity index is 283. The van der Waals surface area contributed by atoms with E-state index in [4.69, 9.17) is 4.74 Å². The minimum Gasteiger partial charge on any atom is -0.462 e. The fourth-order valence-electron chi connectivity index (χ4n) is 0.816. The Morgan fingerprint density at radius 2 is 2.38 bits per heavy atom. The highest BCUT2D eigenvalue weighted by atomic mass is 32.2. The molecule has 0 amide bonds. The predicted octanol–water partition coefficient (Wildman–Crippen LogP) is 1.93. The molecule has 1 rings (SSSR count). The van der Waals surface area contributed by atoms with Crippen LogP contribution in [0.25, 0.3) is 0 Å². The molecule has 5 heteroatoms. The Morgan fingerprint density at radius 3 is 3.00 bits per heavy atom. The van der Waals surface area contributed by atoms with Crippen LogP contribution in [-0.2, 0) is 4.74 Å². The van der Waals surface area contributed by atoms with E-state index in [1.54, 1.807) is 6.07 Å². The molecule has 0 aliphatic heterocycles. The average Bonchev–Trinajstić information content (AvgIpc) is 2.15. The third-order valence-electron chi connectivity index (χ3n) is 1.37. The molecular formula is C8H10FNO2S. The molecule has 0 bridgehead atoms. The van der Waals surface area contributed by atoms with Gasteiger partial charge in [0.2, 0.25) is 0 Å². The van der Waals surface area contributed by atoms with Crippen molar-refractivity contribution < 1.29 is 13.9 Å². The fourth-order valence-corrected chi connectivity index (χ4v) is 1.34. The molecule has 1 aromatic heterocycles. The number of nitrogens with zero attached hydrogens (tertiary/aromatic N) is 1. The maximum Gasteiger partial charge on any atom is 0.256 e. The molecule has 0 radical (unpaired) electrons. The van der Waals surface area contributed by atoms with Crippen LogP contribution in [0, 0.1) is 5.95 Å². The summed E-state index contributed by atoms with van der Waals surface area (Å²) >= 11 is 1.40. The molecule has 0 atom stereocenters. The van der Waals surface area contributed by atoms with Crippen LogP contribution < -0.4 is 4.74 Å². The lowest BCUT2D eigenvalue weighted by atomic mass is 10.4. The molecule has 0 fully saturated rings. The van der Waals surface area contributed by atoms with Crippen molar-refractivity contribution in [3.05, 3.63) is 18.2 Å². The zero-order valence-corrected chi connectivity index (χ0v) is 8.23. The number of ether oxygens (including phenoxy) is 2. The van der Waals surface area contributed by atoms with Crippen LogP contribution in [0.2, 0.25) is 0 Å². The Balaban J connectivity index is 2.87. The average molecular weight is 203 g/mol. The van der Waals surface area contributed by atoms with Gasteiger partial charge in [-0.05, 0) is 12.3 Å². The molecule has 0 N–H and O–H groups in total. The van der Waals surface area contributed by atoms with Gasteiger partial charge in [0.05, 0.1) is 4.90 Å². The molecule has 1 heterocycles.